The molecule has 0 aromatic heterocycles. The van der Waals surface area contributed by atoms with E-state index in [2.05, 4.69) is 47.0 Å². The van der Waals surface area contributed by atoms with Crippen LogP contribution in [0.5, 0.6) is 0 Å². The van der Waals surface area contributed by atoms with Crippen molar-refractivity contribution >= 4 is 38.3 Å². The van der Waals surface area contributed by atoms with E-state index < -0.39 is 37.3 Å². The van der Waals surface area contributed by atoms with Crippen molar-refractivity contribution in [2.45, 2.75) is 56.5 Å². The molecule has 3 heterocycles. The number of nitriles is 1. The van der Waals surface area contributed by atoms with Crippen LogP contribution in [-0.2, 0) is 68.1 Å². The van der Waals surface area contributed by atoms with Gasteiger partial charge in [0.25, 0.3) is 10.2 Å². The van der Waals surface area contributed by atoms with E-state index in [-0.39, 0.29) is 59.2 Å². The zero-order valence-corrected chi connectivity index (χ0v) is 41.2. The lowest BCUT2D eigenvalue weighted by atomic mass is 9.72. The lowest BCUT2D eigenvalue weighted by molar-refractivity contribution is -0.129. The van der Waals surface area contributed by atoms with Crippen molar-refractivity contribution in [1.82, 2.24) is 34.0 Å². The van der Waals surface area contributed by atoms with Crippen molar-refractivity contribution in [3.8, 4) is 6.07 Å². The first-order valence-corrected chi connectivity index (χ1v) is 25.6. The summed E-state index contributed by atoms with van der Waals surface area (Å²) < 4.78 is 68.7. The molecule has 5 N–H and O–H groups in total. The molecule has 3 saturated heterocycles. The van der Waals surface area contributed by atoms with Crippen LogP contribution in [0.25, 0.3) is 0 Å². The maximum absolute atomic E-state index is 13.3. The number of carbonyl (C=O) groups excluding carboxylic acids is 3. The number of piperidine rings is 2. The van der Waals surface area contributed by atoms with Crippen LogP contribution < -0.4 is 25.4 Å². The number of hydrogen-bond acceptors (Lipinski definition) is 12. The number of cyclic esters (lactones) is 1. The quantitative estimate of drug-likeness (QED) is 0.0886. The minimum atomic E-state index is -3.75. The molecule has 4 aromatic carbocycles. The van der Waals surface area contributed by atoms with Gasteiger partial charge in [-0.2, -0.15) is 40.2 Å². The third-order valence-corrected chi connectivity index (χ3v) is 14.8. The molecule has 3 aliphatic heterocycles. The van der Waals surface area contributed by atoms with Gasteiger partial charge in [-0.3, -0.25) is 9.59 Å². The van der Waals surface area contributed by atoms with Gasteiger partial charge < -0.3 is 30.2 Å². The van der Waals surface area contributed by atoms with Gasteiger partial charge in [-0.05, 0) is 61.0 Å². The Morgan fingerprint density at radius 3 is 1.45 bits per heavy atom. The van der Waals surface area contributed by atoms with Gasteiger partial charge in [0.15, 0.2) is 0 Å². The smallest absolute Gasteiger partial charge is 0.424 e. The van der Waals surface area contributed by atoms with Crippen molar-refractivity contribution in [2.75, 3.05) is 79.9 Å². The van der Waals surface area contributed by atoms with E-state index in [1.807, 2.05) is 109 Å². The minimum absolute atomic E-state index is 0. The van der Waals surface area contributed by atoms with Crippen LogP contribution >= 0.6 is 0 Å². The summed E-state index contributed by atoms with van der Waals surface area (Å²) in [6.07, 6.45) is 1.69. The first-order chi connectivity index (χ1) is 33.3. The molecule has 0 bridgehead atoms. The summed E-state index contributed by atoms with van der Waals surface area (Å²) in [5.74, 6) is 0.0750. The molecule has 0 unspecified atom stereocenters. The number of hydrogen-bond donors (Lipinski definition) is 5. The van der Waals surface area contributed by atoms with Crippen molar-refractivity contribution in [1.29, 1.82) is 5.26 Å². The molecule has 69 heavy (non-hydrogen) atoms. The number of carbonyl (C=O) groups is 3. The predicted molar refractivity (Wildman–Crippen MR) is 265 cm³/mol. The molecule has 0 saturated carbocycles. The Labute approximate surface area is 408 Å². The lowest BCUT2D eigenvalue weighted by Crippen LogP contribution is -2.54. The highest BCUT2D eigenvalue weighted by Gasteiger charge is 2.45. The summed E-state index contributed by atoms with van der Waals surface area (Å²) >= 11 is 0. The van der Waals surface area contributed by atoms with E-state index in [4.69, 9.17) is 10.00 Å². The maximum atomic E-state index is 13.3. The van der Waals surface area contributed by atoms with Crippen molar-refractivity contribution in [3.05, 3.63) is 144 Å². The third-order valence-electron chi connectivity index (χ3n) is 11.7. The zero-order valence-electron chi connectivity index (χ0n) is 39.6. The van der Waals surface area contributed by atoms with Gasteiger partial charge in [0, 0.05) is 61.8 Å². The largest absolute Gasteiger partial charge is 0.447 e. The zero-order chi connectivity index (χ0) is 50.0. The van der Waals surface area contributed by atoms with E-state index >= 15 is 0 Å². The van der Waals surface area contributed by atoms with E-state index in [9.17, 15) is 31.2 Å². The summed E-state index contributed by atoms with van der Waals surface area (Å²) in [7, 11) is -4.37. The Bertz CT molecular complexity index is 2430. The Hall–Kier alpha value is -5.76. The highest BCUT2D eigenvalue weighted by atomic mass is 32.2. The van der Waals surface area contributed by atoms with Crippen LogP contribution in [0.1, 0.15) is 56.3 Å². The highest BCUT2D eigenvalue weighted by molar-refractivity contribution is 7.87. The van der Waals surface area contributed by atoms with Gasteiger partial charge >= 0.3 is 16.3 Å². The topological polar surface area (TPSA) is 238 Å². The van der Waals surface area contributed by atoms with E-state index in [1.165, 1.54) is 25.4 Å². The fourth-order valence-electron chi connectivity index (χ4n) is 7.98. The predicted octanol–water partition coefficient (Wildman–Crippen LogP) is 4.14. The molecule has 7 rings (SSSR count). The number of rotatable bonds is 18. The molecule has 3 aliphatic rings. The molecule has 0 radical (unpaired) electrons. The van der Waals surface area contributed by atoms with Gasteiger partial charge in [0.05, 0.1) is 36.7 Å². The Morgan fingerprint density at radius 1 is 0.667 bits per heavy atom. The molecular formula is C49H68N8O10S2. The van der Waals surface area contributed by atoms with Gasteiger partial charge in [-0.15, -0.1) is 0 Å². The van der Waals surface area contributed by atoms with Gasteiger partial charge in [-0.1, -0.05) is 121 Å². The van der Waals surface area contributed by atoms with Gasteiger partial charge in [0.2, 0.25) is 11.8 Å². The highest BCUT2D eigenvalue weighted by Crippen LogP contribution is 2.37. The van der Waals surface area contributed by atoms with Crippen molar-refractivity contribution in [3.63, 3.8) is 0 Å². The second-order valence-electron chi connectivity index (χ2n) is 16.1. The van der Waals surface area contributed by atoms with Crippen LogP contribution in [0.15, 0.2) is 121 Å². The SMILES string of the molecule is CC#N.COCCNS(=O)(=O)N1CCC(C(=O)NCc2ccccc2)(c2ccccc2)CC1.COCCNS(=O)(=O)N1CCOC1=O.O=C(NCc1ccccc1)C1(c2ccccc2)CCNCC1.[2HH]. The standard InChI is InChI=1S/C22H29N3O4S.C19H22N2O.C6H12N2O5S.C2H3N.H2/c1-29-17-14-24-30(27,28)25-15-12-22(13-16-25,20-10-6-3-7-11-20)21(26)23-18-19-8-4-2-5-9-19;22-18(21-15-16-7-3-1-4-8-16)19(11-13-20-14-12-19)17-9-5-2-6-10-17;1-12-4-2-7-14(10,11)8-3-5-13-6(8)9;1-2-3;/h2-11,24H,12-18H2,1H3,(H,23,26);1-10,20H,11-15H2,(H,21,22);7H,2-5H2,1H3;1H3;1H/i;;;;1+1. The molecule has 0 aliphatic carbocycles. The Balaban J connectivity index is 0.000000284. The van der Waals surface area contributed by atoms with E-state index in [1.54, 1.807) is 6.07 Å². The minimum Gasteiger partial charge on any atom is -0.447 e. The number of ether oxygens (including phenoxy) is 3. The molecular weight excluding hydrogens is 925 g/mol. The second kappa shape index (κ2) is 28.7. The summed E-state index contributed by atoms with van der Waals surface area (Å²) in [6, 6.07) is 41.4. The van der Waals surface area contributed by atoms with E-state index in [0.29, 0.717) is 36.8 Å². The molecule has 376 valence electrons. The molecule has 20 heteroatoms. The molecule has 0 spiro atoms. The normalized spacial score (nSPS) is 16.3. The maximum Gasteiger partial charge on any atom is 0.424 e. The number of nitrogens with one attached hydrogen (secondary N) is 5. The van der Waals surface area contributed by atoms with Gasteiger partial charge in [-0.25, -0.2) is 4.79 Å². The fraction of sp³-hybridized carbons (Fsp3) is 0.429. The van der Waals surface area contributed by atoms with Gasteiger partial charge in [0.1, 0.15) is 6.61 Å². The first-order valence-electron chi connectivity index (χ1n) is 22.7. The summed E-state index contributed by atoms with van der Waals surface area (Å²) in [5, 5.41) is 16.9. The monoisotopic (exact) mass is 993 g/mol. The fourth-order valence-corrected chi connectivity index (χ4v) is 10.2. The number of amides is 3. The van der Waals surface area contributed by atoms with Crippen LogP contribution in [-0.4, -0.2) is 123 Å². The number of nitrogens with zero attached hydrogens (tertiary/aromatic N) is 3. The van der Waals surface area contributed by atoms with E-state index in [0.717, 1.165) is 48.2 Å². The Morgan fingerprint density at radius 2 is 1.06 bits per heavy atom. The van der Waals surface area contributed by atoms with Crippen molar-refractivity contribution < 1.29 is 46.9 Å². The average Bonchev–Trinajstić information content (AvgIpc) is 3.83. The summed E-state index contributed by atoms with van der Waals surface area (Å²) in [6.45, 7) is 5.83. The van der Waals surface area contributed by atoms with Crippen LogP contribution in [0, 0.1) is 11.3 Å². The lowest BCUT2D eigenvalue weighted by Gasteiger charge is -2.40. The van der Waals surface area contributed by atoms with Crippen LogP contribution in [0.2, 0.25) is 0 Å². The molecule has 3 fully saturated rings. The summed E-state index contributed by atoms with van der Waals surface area (Å²) in [5.41, 5.74) is 3.04. The van der Waals surface area contributed by atoms with Crippen LogP contribution in [0.4, 0.5) is 4.79 Å². The number of methoxy groups -OCH3 is 2. The average molecular weight is 994 g/mol. The molecule has 3 amide bonds. The van der Waals surface area contributed by atoms with Crippen molar-refractivity contribution in [2.24, 2.45) is 0 Å². The summed E-state index contributed by atoms with van der Waals surface area (Å²) in [4.78, 5) is 37.2. The second-order valence-corrected chi connectivity index (χ2v) is 19.5. The van der Waals surface area contributed by atoms with Crippen LogP contribution in [0.3, 0.4) is 0 Å². The molecule has 4 aromatic rings. The third kappa shape index (κ3) is 16.7. The number of benzene rings is 4. The Kier molecular flexibility index (Phi) is 23.2. The molecule has 18 nitrogen and oxygen atoms in total. The first kappa shape index (κ1) is 55.8. The molecule has 0 atom stereocenters.